The van der Waals surface area contributed by atoms with Gasteiger partial charge < -0.3 is 14.5 Å². The zero-order valence-corrected chi connectivity index (χ0v) is 19.5. The van der Waals surface area contributed by atoms with E-state index < -0.39 is 24.2 Å². The third-order valence-electron chi connectivity index (χ3n) is 5.87. The van der Waals surface area contributed by atoms with Crippen molar-refractivity contribution in [2.24, 2.45) is 0 Å². The second kappa shape index (κ2) is 9.59. The molecule has 0 bridgehead atoms. The average molecular weight is 480 g/mol. The lowest BCUT2D eigenvalue weighted by molar-refractivity contribution is -0.144. The molecule has 9 nitrogen and oxygen atoms in total. The first-order valence-electron chi connectivity index (χ1n) is 11.6. The predicted octanol–water partition coefficient (Wildman–Crippen LogP) is 3.43. The highest BCUT2D eigenvalue weighted by Crippen LogP contribution is 2.33. The summed E-state index contributed by atoms with van der Waals surface area (Å²) in [4.78, 5) is 34.2. The van der Waals surface area contributed by atoms with Gasteiger partial charge in [0.25, 0.3) is 0 Å². The lowest BCUT2D eigenvalue weighted by Gasteiger charge is -2.39. The first-order chi connectivity index (χ1) is 16.3. The van der Waals surface area contributed by atoms with Gasteiger partial charge in [-0.3, -0.25) is 4.90 Å². The Labute approximate surface area is 196 Å². The van der Waals surface area contributed by atoms with E-state index in [0.29, 0.717) is 13.1 Å². The molecule has 0 aliphatic carbocycles. The summed E-state index contributed by atoms with van der Waals surface area (Å²) in [6.45, 7) is 9.21. The minimum atomic E-state index is -4.60. The Morgan fingerprint density at radius 2 is 1.85 bits per heavy atom. The van der Waals surface area contributed by atoms with Gasteiger partial charge in [0, 0.05) is 31.3 Å². The van der Waals surface area contributed by atoms with Crippen LogP contribution in [0.4, 0.5) is 29.6 Å². The number of anilines is 2. The number of halogens is 3. The van der Waals surface area contributed by atoms with E-state index in [9.17, 15) is 18.0 Å². The van der Waals surface area contributed by atoms with Crippen molar-refractivity contribution in [1.29, 1.82) is 0 Å². The third kappa shape index (κ3) is 4.71. The number of rotatable bonds is 4. The summed E-state index contributed by atoms with van der Waals surface area (Å²) in [5.41, 5.74) is 1.82. The number of ether oxygens (including phenoxy) is 1. The number of hydrogen-bond acceptors (Lipinski definition) is 8. The molecule has 0 aromatic carbocycles. The largest absolute Gasteiger partial charge is 0.451 e. The van der Waals surface area contributed by atoms with E-state index in [1.807, 2.05) is 20.8 Å². The Morgan fingerprint density at radius 1 is 1.12 bits per heavy atom. The van der Waals surface area contributed by atoms with Gasteiger partial charge in [-0.25, -0.2) is 24.7 Å². The highest BCUT2D eigenvalue weighted by Gasteiger charge is 2.38. The fourth-order valence-electron chi connectivity index (χ4n) is 3.94. The molecule has 2 aromatic heterocycles. The van der Waals surface area contributed by atoms with Crippen molar-refractivity contribution < 1.29 is 22.7 Å². The van der Waals surface area contributed by atoms with Gasteiger partial charge in [-0.2, -0.15) is 13.2 Å². The van der Waals surface area contributed by atoms with Crippen LogP contribution >= 0.6 is 0 Å². The Kier molecular flexibility index (Phi) is 6.76. The molecule has 2 saturated heterocycles. The lowest BCUT2D eigenvalue weighted by Crippen LogP contribution is -2.54. The maximum absolute atomic E-state index is 12.8. The number of alkyl halides is 3. The lowest BCUT2D eigenvalue weighted by atomic mass is 10.1. The molecule has 2 fully saturated rings. The van der Waals surface area contributed by atoms with Crippen molar-refractivity contribution in [3.8, 4) is 0 Å². The van der Waals surface area contributed by atoms with Crippen LogP contribution in [0.25, 0.3) is 0 Å². The first-order valence-corrected chi connectivity index (χ1v) is 11.6. The third-order valence-corrected chi connectivity index (χ3v) is 5.87. The van der Waals surface area contributed by atoms with Gasteiger partial charge >= 0.3 is 12.3 Å². The minimum absolute atomic E-state index is 0.162. The molecule has 2 aromatic rings. The van der Waals surface area contributed by atoms with Crippen LogP contribution < -0.4 is 9.80 Å². The molecule has 12 heteroatoms. The number of hydrogen-bond donors (Lipinski definition) is 0. The van der Waals surface area contributed by atoms with E-state index in [0.717, 1.165) is 55.0 Å². The van der Waals surface area contributed by atoms with E-state index in [2.05, 4.69) is 24.8 Å². The van der Waals surface area contributed by atoms with Crippen LogP contribution in [0.2, 0.25) is 0 Å². The molecule has 0 unspecified atom stereocenters. The molecule has 5 rings (SSSR count). The number of fused-ring (bicyclic) bond motifs is 1. The molecule has 34 heavy (non-hydrogen) atoms. The summed E-state index contributed by atoms with van der Waals surface area (Å²) in [6.07, 6.45) is -2.56. The maximum Gasteiger partial charge on any atom is 0.451 e. The molecule has 3 aliphatic rings. The van der Waals surface area contributed by atoms with E-state index in [-0.39, 0.29) is 18.9 Å². The summed E-state index contributed by atoms with van der Waals surface area (Å²) < 4.78 is 44.0. The molecule has 1 amide bonds. The van der Waals surface area contributed by atoms with Crippen LogP contribution in [-0.2, 0) is 30.4 Å². The average Bonchev–Trinajstić information content (AvgIpc) is 3.20. The Bertz CT molecular complexity index is 1040. The van der Waals surface area contributed by atoms with Crippen LogP contribution in [-0.4, -0.2) is 63.2 Å². The molecule has 0 N–H and O–H groups in total. The van der Waals surface area contributed by atoms with E-state index in [1.165, 1.54) is 6.07 Å². The molecule has 0 spiro atoms. The smallest absolute Gasteiger partial charge is 0.442 e. The predicted molar refractivity (Wildman–Crippen MR) is 118 cm³/mol. The zero-order chi connectivity index (χ0) is 24.5. The fourth-order valence-corrected chi connectivity index (χ4v) is 3.94. The molecular weight excluding hydrogens is 451 g/mol. The standard InChI is InChI=1S/C20H22F3N7O2.C2H6/c1-2-15-25-14-11-30(10-13(14)17(26-15)28-6-3-7-28)19(31)32-12-8-29(9-12)16-4-5-24-18(27-16)20(21,22)23;1-2/h4-5,12H,2-3,6-11H2,1H3;1-2H3. The van der Waals surface area contributed by atoms with Crippen LogP contribution in [0.15, 0.2) is 12.3 Å². The SMILES string of the molecule is CC.CCc1nc2c(c(N3CCC3)n1)CN(C(=O)OC1CN(c3ccnc(C(F)(F)F)n3)C1)C2. The van der Waals surface area contributed by atoms with E-state index in [4.69, 9.17) is 4.74 Å². The number of aryl methyl sites for hydroxylation is 1. The highest BCUT2D eigenvalue weighted by atomic mass is 19.4. The number of amides is 1. The van der Waals surface area contributed by atoms with Crippen LogP contribution in [0.3, 0.4) is 0 Å². The van der Waals surface area contributed by atoms with Gasteiger partial charge in [-0.15, -0.1) is 0 Å². The molecule has 5 heterocycles. The number of aromatic nitrogens is 4. The quantitative estimate of drug-likeness (QED) is 0.659. The number of nitrogens with zero attached hydrogens (tertiary/aromatic N) is 7. The molecular formula is C22H28F3N7O2. The van der Waals surface area contributed by atoms with Gasteiger partial charge in [-0.1, -0.05) is 20.8 Å². The monoisotopic (exact) mass is 479 g/mol. The van der Waals surface area contributed by atoms with Crippen LogP contribution in [0.5, 0.6) is 0 Å². The van der Waals surface area contributed by atoms with Crippen molar-refractivity contribution in [2.45, 2.75) is 59.0 Å². The van der Waals surface area contributed by atoms with Crippen molar-refractivity contribution in [2.75, 3.05) is 36.0 Å². The summed E-state index contributed by atoms with van der Waals surface area (Å²) in [7, 11) is 0. The van der Waals surface area contributed by atoms with Crippen molar-refractivity contribution in [3.05, 3.63) is 35.2 Å². The van der Waals surface area contributed by atoms with E-state index >= 15 is 0 Å². The maximum atomic E-state index is 12.8. The van der Waals surface area contributed by atoms with E-state index in [1.54, 1.807) is 9.80 Å². The summed E-state index contributed by atoms with van der Waals surface area (Å²) in [5, 5.41) is 0. The van der Waals surface area contributed by atoms with Crippen LogP contribution in [0, 0.1) is 0 Å². The highest BCUT2D eigenvalue weighted by molar-refractivity contribution is 5.70. The molecule has 0 saturated carbocycles. The molecule has 0 atom stereocenters. The van der Waals surface area contributed by atoms with Gasteiger partial charge in [0.1, 0.15) is 23.6 Å². The molecule has 3 aliphatic heterocycles. The Morgan fingerprint density at radius 3 is 2.47 bits per heavy atom. The number of carbonyl (C=O) groups excluding carboxylic acids is 1. The molecule has 0 radical (unpaired) electrons. The number of carbonyl (C=O) groups is 1. The van der Waals surface area contributed by atoms with Gasteiger partial charge in [0.2, 0.25) is 5.82 Å². The zero-order valence-electron chi connectivity index (χ0n) is 19.5. The van der Waals surface area contributed by atoms with Gasteiger partial charge in [0.05, 0.1) is 31.9 Å². The van der Waals surface area contributed by atoms with Crippen molar-refractivity contribution in [3.63, 3.8) is 0 Å². The summed E-state index contributed by atoms with van der Waals surface area (Å²) in [6, 6.07) is 1.41. The second-order valence-corrected chi connectivity index (χ2v) is 8.09. The normalized spacial score (nSPS) is 17.4. The summed E-state index contributed by atoms with van der Waals surface area (Å²) in [5.74, 6) is 0.650. The van der Waals surface area contributed by atoms with Crippen molar-refractivity contribution >= 4 is 17.7 Å². The van der Waals surface area contributed by atoms with Crippen LogP contribution in [0.1, 0.15) is 50.1 Å². The Balaban J connectivity index is 0.00000133. The van der Waals surface area contributed by atoms with Crippen molar-refractivity contribution in [1.82, 2.24) is 24.8 Å². The molecule has 184 valence electrons. The Hall–Kier alpha value is -3.18. The minimum Gasteiger partial charge on any atom is -0.442 e. The van der Waals surface area contributed by atoms with Gasteiger partial charge in [0.15, 0.2) is 0 Å². The van der Waals surface area contributed by atoms with Gasteiger partial charge in [-0.05, 0) is 12.5 Å². The fraction of sp³-hybridized carbons (Fsp3) is 0.591. The summed E-state index contributed by atoms with van der Waals surface area (Å²) >= 11 is 0. The first kappa shape index (κ1) is 24.0. The second-order valence-electron chi connectivity index (χ2n) is 8.09. The topological polar surface area (TPSA) is 87.6 Å².